The van der Waals surface area contributed by atoms with E-state index in [4.69, 9.17) is 0 Å². The first kappa shape index (κ1) is 30.3. The largest absolute Gasteiger partial charge is 0.352 e. The molecule has 0 saturated heterocycles. The molecule has 7 nitrogen and oxygen atoms in total. The fraction of sp³-hybridized carbons (Fsp3) is 0.394. The van der Waals surface area contributed by atoms with Gasteiger partial charge in [-0.1, -0.05) is 92.1 Å². The Bertz CT molecular complexity index is 1420. The van der Waals surface area contributed by atoms with Gasteiger partial charge in [0.05, 0.1) is 11.9 Å². The lowest BCUT2D eigenvalue weighted by Gasteiger charge is -2.35. The molecule has 1 saturated carbocycles. The summed E-state index contributed by atoms with van der Waals surface area (Å²) in [6, 6.07) is 23.9. The van der Waals surface area contributed by atoms with Crippen molar-refractivity contribution < 1.29 is 18.0 Å². The highest BCUT2D eigenvalue weighted by molar-refractivity contribution is 7.92. The van der Waals surface area contributed by atoms with E-state index in [2.05, 4.69) is 5.32 Å². The minimum Gasteiger partial charge on any atom is -0.352 e. The first-order valence-corrected chi connectivity index (χ1v) is 16.2. The van der Waals surface area contributed by atoms with Crippen molar-refractivity contribution in [2.75, 3.05) is 17.1 Å². The van der Waals surface area contributed by atoms with Crippen molar-refractivity contribution in [3.05, 3.63) is 101 Å². The molecular formula is C33H41N3O4S. The van der Waals surface area contributed by atoms with Crippen molar-refractivity contribution in [2.24, 2.45) is 0 Å². The Balaban J connectivity index is 1.72. The Hall–Kier alpha value is -3.65. The van der Waals surface area contributed by atoms with Gasteiger partial charge in [0.2, 0.25) is 21.8 Å². The molecular weight excluding hydrogens is 534 g/mol. The molecule has 8 heteroatoms. The van der Waals surface area contributed by atoms with Crippen molar-refractivity contribution >= 4 is 27.5 Å². The maximum absolute atomic E-state index is 14.2. The SMILES string of the molecule is Cc1cccc(N(CC(=O)N(Cc2ccccc2)C(Cc2ccccc2)C(=O)NC2CCCCC2)S(C)(=O)=O)c1C. The zero-order valence-corrected chi connectivity index (χ0v) is 25.1. The normalized spacial score (nSPS) is 14.7. The molecule has 0 heterocycles. The number of anilines is 1. The third kappa shape index (κ3) is 8.19. The monoisotopic (exact) mass is 575 g/mol. The Morgan fingerprint density at radius 3 is 2.07 bits per heavy atom. The Kier molecular flexibility index (Phi) is 10.2. The van der Waals surface area contributed by atoms with Gasteiger partial charge >= 0.3 is 0 Å². The minimum absolute atomic E-state index is 0.0747. The van der Waals surface area contributed by atoms with E-state index in [1.807, 2.05) is 80.6 Å². The molecule has 0 bridgehead atoms. The van der Waals surface area contributed by atoms with E-state index in [0.29, 0.717) is 12.1 Å². The topological polar surface area (TPSA) is 86.8 Å². The van der Waals surface area contributed by atoms with Crippen LogP contribution in [0, 0.1) is 13.8 Å². The molecule has 218 valence electrons. The van der Waals surface area contributed by atoms with Crippen molar-refractivity contribution in [3.63, 3.8) is 0 Å². The highest BCUT2D eigenvalue weighted by Crippen LogP contribution is 2.26. The molecule has 0 radical (unpaired) electrons. The Labute approximate surface area is 244 Å². The lowest BCUT2D eigenvalue weighted by molar-refractivity contribution is -0.140. The van der Waals surface area contributed by atoms with Gasteiger partial charge in [0, 0.05) is 19.0 Å². The predicted molar refractivity (Wildman–Crippen MR) is 164 cm³/mol. The second kappa shape index (κ2) is 13.8. The maximum atomic E-state index is 14.2. The molecule has 1 fully saturated rings. The summed E-state index contributed by atoms with van der Waals surface area (Å²) >= 11 is 0. The number of rotatable bonds is 11. The molecule has 1 N–H and O–H groups in total. The molecule has 3 aromatic rings. The highest BCUT2D eigenvalue weighted by atomic mass is 32.2. The first-order valence-electron chi connectivity index (χ1n) is 14.3. The molecule has 1 aliphatic rings. The van der Waals surface area contributed by atoms with Crippen LogP contribution in [0.3, 0.4) is 0 Å². The average Bonchev–Trinajstić information content (AvgIpc) is 2.96. The molecule has 0 aliphatic heterocycles. The van der Waals surface area contributed by atoms with E-state index >= 15 is 0 Å². The standard InChI is InChI=1S/C33H41N3O4S/c1-25-14-13-21-30(26(25)2)36(41(3,39)40)24-32(37)35(23-28-17-9-5-10-18-28)31(22-27-15-7-4-8-16-27)33(38)34-29-19-11-6-12-20-29/h4-5,7-10,13-18,21,29,31H,6,11-12,19-20,22-24H2,1-3H3,(H,34,38). The lowest BCUT2D eigenvalue weighted by atomic mass is 9.94. The van der Waals surface area contributed by atoms with Crippen LogP contribution in [0.15, 0.2) is 78.9 Å². The van der Waals surface area contributed by atoms with Gasteiger partial charge < -0.3 is 10.2 Å². The molecule has 1 atom stereocenters. The van der Waals surface area contributed by atoms with Crippen LogP contribution in [-0.2, 0) is 32.6 Å². The lowest BCUT2D eigenvalue weighted by Crippen LogP contribution is -2.55. The van der Waals surface area contributed by atoms with E-state index in [1.54, 1.807) is 17.0 Å². The minimum atomic E-state index is -3.80. The fourth-order valence-corrected chi connectivity index (χ4v) is 6.38. The van der Waals surface area contributed by atoms with Crippen molar-refractivity contribution in [3.8, 4) is 0 Å². The van der Waals surface area contributed by atoms with E-state index in [0.717, 1.165) is 64.9 Å². The van der Waals surface area contributed by atoms with Crippen molar-refractivity contribution in [2.45, 2.75) is 71.0 Å². The Morgan fingerprint density at radius 2 is 1.46 bits per heavy atom. The summed E-state index contributed by atoms with van der Waals surface area (Å²) in [5, 5.41) is 3.23. The van der Waals surface area contributed by atoms with Crippen LogP contribution in [0.2, 0.25) is 0 Å². The van der Waals surface area contributed by atoms with Crippen LogP contribution >= 0.6 is 0 Å². The maximum Gasteiger partial charge on any atom is 0.244 e. The van der Waals surface area contributed by atoms with Crippen LogP contribution in [0.5, 0.6) is 0 Å². The van der Waals surface area contributed by atoms with Crippen LogP contribution < -0.4 is 9.62 Å². The van der Waals surface area contributed by atoms with E-state index in [9.17, 15) is 18.0 Å². The number of nitrogens with one attached hydrogen (secondary N) is 1. The number of hydrogen-bond acceptors (Lipinski definition) is 4. The third-order valence-electron chi connectivity index (χ3n) is 7.94. The number of aryl methyl sites for hydroxylation is 1. The summed E-state index contributed by atoms with van der Waals surface area (Å²) in [5.74, 6) is -0.636. The number of sulfonamides is 1. The van der Waals surface area contributed by atoms with Gasteiger partial charge in [-0.2, -0.15) is 0 Å². The number of nitrogens with zero attached hydrogens (tertiary/aromatic N) is 2. The van der Waals surface area contributed by atoms with E-state index in [-0.39, 0.29) is 18.5 Å². The van der Waals surface area contributed by atoms with Crippen LogP contribution in [0.4, 0.5) is 5.69 Å². The smallest absolute Gasteiger partial charge is 0.244 e. The summed E-state index contributed by atoms with van der Waals surface area (Å²) < 4.78 is 27.3. The Morgan fingerprint density at radius 1 is 0.854 bits per heavy atom. The molecule has 0 aromatic heterocycles. The van der Waals surface area contributed by atoms with Gasteiger partial charge in [-0.15, -0.1) is 0 Å². The van der Waals surface area contributed by atoms with Gasteiger partial charge in [-0.05, 0) is 55.0 Å². The fourth-order valence-electron chi connectivity index (χ4n) is 5.48. The number of hydrogen-bond donors (Lipinski definition) is 1. The molecule has 1 unspecified atom stereocenters. The molecule has 41 heavy (non-hydrogen) atoms. The molecule has 1 aliphatic carbocycles. The second-order valence-corrected chi connectivity index (χ2v) is 13.0. The molecule has 4 rings (SSSR count). The average molecular weight is 576 g/mol. The zero-order valence-electron chi connectivity index (χ0n) is 24.3. The summed E-state index contributed by atoms with van der Waals surface area (Å²) in [5.41, 5.74) is 3.97. The number of carbonyl (C=O) groups excluding carboxylic acids is 2. The van der Waals surface area contributed by atoms with Gasteiger partial charge in [0.15, 0.2) is 0 Å². The van der Waals surface area contributed by atoms with Crippen LogP contribution in [0.25, 0.3) is 0 Å². The van der Waals surface area contributed by atoms with Crippen molar-refractivity contribution in [1.82, 2.24) is 10.2 Å². The number of benzene rings is 3. The molecule has 0 spiro atoms. The van der Waals surface area contributed by atoms with Gasteiger partial charge in [-0.3, -0.25) is 13.9 Å². The van der Waals surface area contributed by atoms with E-state index < -0.39 is 28.5 Å². The number of carbonyl (C=O) groups is 2. The number of amides is 2. The summed E-state index contributed by atoms with van der Waals surface area (Å²) in [7, 11) is -3.80. The van der Waals surface area contributed by atoms with Crippen LogP contribution in [0.1, 0.15) is 54.4 Å². The first-order chi connectivity index (χ1) is 19.6. The molecule has 2 amide bonds. The highest BCUT2D eigenvalue weighted by Gasteiger charge is 2.34. The summed E-state index contributed by atoms with van der Waals surface area (Å²) in [6.07, 6.45) is 6.58. The van der Waals surface area contributed by atoms with Gasteiger partial charge in [0.25, 0.3) is 0 Å². The van der Waals surface area contributed by atoms with E-state index in [1.165, 1.54) is 0 Å². The third-order valence-corrected chi connectivity index (χ3v) is 9.07. The van der Waals surface area contributed by atoms with Crippen molar-refractivity contribution in [1.29, 1.82) is 0 Å². The van der Waals surface area contributed by atoms with Gasteiger partial charge in [0.1, 0.15) is 12.6 Å². The quantitative estimate of drug-likeness (QED) is 0.342. The second-order valence-electron chi connectivity index (χ2n) is 11.0. The summed E-state index contributed by atoms with van der Waals surface area (Å²) in [4.78, 5) is 29.8. The van der Waals surface area contributed by atoms with Gasteiger partial charge in [-0.25, -0.2) is 8.42 Å². The molecule has 3 aromatic carbocycles. The predicted octanol–water partition coefficient (Wildman–Crippen LogP) is 5.16. The van der Waals surface area contributed by atoms with Crippen LogP contribution in [-0.4, -0.2) is 50.0 Å². The zero-order chi connectivity index (χ0) is 29.4. The summed E-state index contributed by atoms with van der Waals surface area (Å²) in [6.45, 7) is 3.54.